The molecule has 3 rings (SSSR count). The van der Waals surface area contributed by atoms with Crippen LogP contribution >= 0.6 is 0 Å². The van der Waals surface area contributed by atoms with E-state index in [1.165, 1.54) is 28.6 Å². The van der Waals surface area contributed by atoms with Crippen molar-refractivity contribution in [3.63, 3.8) is 0 Å². The topological polar surface area (TPSA) is 66.5 Å². The summed E-state index contributed by atoms with van der Waals surface area (Å²) in [5, 5.41) is 2.69. The molecule has 5 nitrogen and oxygen atoms in total. The molecule has 0 radical (unpaired) electrons. The second kappa shape index (κ2) is 8.19. The van der Waals surface area contributed by atoms with Crippen LogP contribution in [0.3, 0.4) is 0 Å². The summed E-state index contributed by atoms with van der Waals surface area (Å²) in [6.07, 6.45) is 1.68. The van der Waals surface area contributed by atoms with Crippen molar-refractivity contribution in [2.45, 2.75) is 31.2 Å². The molecule has 0 aliphatic carbocycles. The number of rotatable bonds is 5. The lowest BCUT2D eigenvalue weighted by molar-refractivity contribution is 0.0950. The van der Waals surface area contributed by atoms with Crippen LogP contribution in [0.5, 0.6) is 0 Å². The Morgan fingerprint density at radius 3 is 2.56 bits per heavy atom. The third-order valence-corrected chi connectivity index (χ3v) is 6.71. The molecule has 0 unspecified atom stereocenters. The van der Waals surface area contributed by atoms with Gasteiger partial charge < -0.3 is 5.32 Å². The molecule has 2 aromatic rings. The second-order valence-corrected chi connectivity index (χ2v) is 8.86. The minimum absolute atomic E-state index is 0.121. The van der Waals surface area contributed by atoms with Crippen LogP contribution in [0, 0.1) is 11.7 Å². The molecule has 1 fully saturated rings. The SMILES string of the molecule is CC1CCN(S(=O)(=O)c2cccc(C(=O)NCc3cccc(F)c3)c2)CC1. The van der Waals surface area contributed by atoms with Crippen molar-refractivity contribution in [1.29, 1.82) is 0 Å². The lowest BCUT2D eigenvalue weighted by Crippen LogP contribution is -2.38. The summed E-state index contributed by atoms with van der Waals surface area (Å²) in [4.78, 5) is 12.5. The average Bonchev–Trinajstić information content (AvgIpc) is 2.66. The molecule has 1 aliphatic rings. The molecule has 1 aliphatic heterocycles. The standard InChI is InChI=1S/C20H23FN2O3S/c1-15-8-10-23(11-9-15)27(25,26)19-7-3-5-17(13-19)20(24)22-14-16-4-2-6-18(21)12-16/h2-7,12-13,15H,8-11,14H2,1H3,(H,22,24). The van der Waals surface area contributed by atoms with Crippen LogP contribution in [-0.2, 0) is 16.6 Å². The van der Waals surface area contributed by atoms with Crippen molar-refractivity contribution in [2.24, 2.45) is 5.92 Å². The van der Waals surface area contributed by atoms with Gasteiger partial charge in [0, 0.05) is 25.2 Å². The zero-order valence-electron chi connectivity index (χ0n) is 15.2. The van der Waals surface area contributed by atoms with E-state index in [4.69, 9.17) is 0 Å². The summed E-state index contributed by atoms with van der Waals surface area (Å²) in [7, 11) is -3.61. The zero-order chi connectivity index (χ0) is 19.4. The van der Waals surface area contributed by atoms with Crippen molar-refractivity contribution in [3.05, 3.63) is 65.5 Å². The maximum absolute atomic E-state index is 13.2. The van der Waals surface area contributed by atoms with E-state index in [9.17, 15) is 17.6 Å². The van der Waals surface area contributed by atoms with Crippen molar-refractivity contribution < 1.29 is 17.6 Å². The van der Waals surface area contributed by atoms with Crippen LogP contribution in [0.2, 0.25) is 0 Å². The highest BCUT2D eigenvalue weighted by Crippen LogP contribution is 2.24. The first-order valence-electron chi connectivity index (χ1n) is 8.99. The molecular weight excluding hydrogens is 367 g/mol. The first-order valence-corrected chi connectivity index (χ1v) is 10.4. The molecule has 1 N–H and O–H groups in total. The van der Waals surface area contributed by atoms with Crippen molar-refractivity contribution in [2.75, 3.05) is 13.1 Å². The van der Waals surface area contributed by atoms with E-state index in [0.717, 1.165) is 12.8 Å². The minimum atomic E-state index is -3.61. The predicted octanol–water partition coefficient (Wildman–Crippen LogP) is 3.18. The van der Waals surface area contributed by atoms with Gasteiger partial charge in [0.1, 0.15) is 5.82 Å². The Bertz CT molecular complexity index is 922. The largest absolute Gasteiger partial charge is 0.348 e. The van der Waals surface area contributed by atoms with Gasteiger partial charge in [-0.25, -0.2) is 12.8 Å². The molecule has 0 saturated carbocycles. The smallest absolute Gasteiger partial charge is 0.251 e. The minimum Gasteiger partial charge on any atom is -0.348 e. The number of hydrogen-bond acceptors (Lipinski definition) is 3. The Morgan fingerprint density at radius 2 is 1.85 bits per heavy atom. The Kier molecular flexibility index (Phi) is 5.92. The summed E-state index contributed by atoms with van der Waals surface area (Å²) in [5.41, 5.74) is 0.896. The third kappa shape index (κ3) is 4.73. The van der Waals surface area contributed by atoms with E-state index in [-0.39, 0.29) is 22.8 Å². The number of amides is 1. The van der Waals surface area contributed by atoms with E-state index < -0.39 is 15.9 Å². The number of benzene rings is 2. The highest BCUT2D eigenvalue weighted by molar-refractivity contribution is 7.89. The second-order valence-electron chi connectivity index (χ2n) is 6.93. The fraction of sp³-hybridized carbons (Fsp3) is 0.350. The van der Waals surface area contributed by atoms with Crippen LogP contribution < -0.4 is 5.32 Å². The molecule has 1 amide bonds. The molecule has 1 heterocycles. The quantitative estimate of drug-likeness (QED) is 0.853. The van der Waals surface area contributed by atoms with Crippen LogP contribution in [0.15, 0.2) is 53.4 Å². The van der Waals surface area contributed by atoms with Gasteiger partial charge in [-0.05, 0) is 54.7 Å². The van der Waals surface area contributed by atoms with Gasteiger partial charge >= 0.3 is 0 Å². The molecule has 0 spiro atoms. The van der Waals surface area contributed by atoms with Gasteiger partial charge in [-0.15, -0.1) is 0 Å². The van der Waals surface area contributed by atoms with Gasteiger partial charge in [-0.2, -0.15) is 4.31 Å². The summed E-state index contributed by atoms with van der Waals surface area (Å²) in [6.45, 7) is 3.28. The Labute approximate surface area is 159 Å². The van der Waals surface area contributed by atoms with Gasteiger partial charge in [-0.3, -0.25) is 4.79 Å². The van der Waals surface area contributed by atoms with E-state index in [1.807, 2.05) is 0 Å². The molecule has 27 heavy (non-hydrogen) atoms. The molecule has 0 aromatic heterocycles. The van der Waals surface area contributed by atoms with Crippen LogP contribution in [0.4, 0.5) is 4.39 Å². The molecular formula is C20H23FN2O3S. The summed E-state index contributed by atoms with van der Waals surface area (Å²) < 4.78 is 40.4. The summed E-state index contributed by atoms with van der Waals surface area (Å²) in [5.74, 6) is -0.245. The highest BCUT2D eigenvalue weighted by atomic mass is 32.2. The van der Waals surface area contributed by atoms with Gasteiger partial charge in [0.2, 0.25) is 10.0 Å². The van der Waals surface area contributed by atoms with Crippen LogP contribution in [-0.4, -0.2) is 31.7 Å². The number of halogens is 1. The van der Waals surface area contributed by atoms with E-state index in [0.29, 0.717) is 24.6 Å². The first kappa shape index (κ1) is 19.5. The third-order valence-electron chi connectivity index (χ3n) is 4.82. The Hall–Kier alpha value is -2.25. The molecule has 0 bridgehead atoms. The van der Waals surface area contributed by atoms with Gasteiger partial charge in [0.25, 0.3) is 5.91 Å². The van der Waals surface area contributed by atoms with Gasteiger partial charge in [0.15, 0.2) is 0 Å². The fourth-order valence-corrected chi connectivity index (χ4v) is 4.62. The molecule has 2 aromatic carbocycles. The number of carbonyl (C=O) groups is 1. The predicted molar refractivity (Wildman–Crippen MR) is 101 cm³/mol. The van der Waals surface area contributed by atoms with Crippen molar-refractivity contribution in [3.8, 4) is 0 Å². The highest BCUT2D eigenvalue weighted by Gasteiger charge is 2.28. The normalized spacial score (nSPS) is 16.2. The van der Waals surface area contributed by atoms with E-state index in [1.54, 1.807) is 24.3 Å². The monoisotopic (exact) mass is 390 g/mol. The first-order chi connectivity index (χ1) is 12.9. The van der Waals surface area contributed by atoms with E-state index in [2.05, 4.69) is 12.2 Å². The maximum Gasteiger partial charge on any atom is 0.251 e. The van der Waals surface area contributed by atoms with Crippen LogP contribution in [0.1, 0.15) is 35.7 Å². The van der Waals surface area contributed by atoms with Crippen molar-refractivity contribution >= 4 is 15.9 Å². The molecule has 0 atom stereocenters. The molecule has 144 valence electrons. The number of nitrogens with zero attached hydrogens (tertiary/aromatic N) is 1. The molecule has 1 saturated heterocycles. The Balaban J connectivity index is 1.71. The van der Waals surface area contributed by atoms with Gasteiger partial charge in [-0.1, -0.05) is 25.1 Å². The number of sulfonamides is 1. The number of carbonyl (C=O) groups excluding carboxylic acids is 1. The van der Waals surface area contributed by atoms with Crippen LogP contribution in [0.25, 0.3) is 0 Å². The van der Waals surface area contributed by atoms with E-state index >= 15 is 0 Å². The summed E-state index contributed by atoms with van der Waals surface area (Å²) in [6, 6.07) is 12.0. The summed E-state index contributed by atoms with van der Waals surface area (Å²) >= 11 is 0. The number of nitrogens with one attached hydrogen (secondary N) is 1. The Morgan fingerprint density at radius 1 is 1.15 bits per heavy atom. The zero-order valence-corrected chi connectivity index (χ0v) is 16.0. The maximum atomic E-state index is 13.2. The fourth-order valence-electron chi connectivity index (χ4n) is 3.10. The average molecular weight is 390 g/mol. The van der Waals surface area contributed by atoms with Crippen molar-refractivity contribution in [1.82, 2.24) is 9.62 Å². The number of hydrogen-bond donors (Lipinski definition) is 1. The number of piperidine rings is 1. The lowest BCUT2D eigenvalue weighted by Gasteiger charge is -2.29. The lowest BCUT2D eigenvalue weighted by atomic mass is 10.0. The van der Waals surface area contributed by atoms with Gasteiger partial charge in [0.05, 0.1) is 4.90 Å². The molecule has 7 heteroatoms.